The van der Waals surface area contributed by atoms with Gasteiger partial charge in [-0.15, -0.1) is 0 Å². The minimum Gasteiger partial charge on any atom is -0.361 e. The predicted molar refractivity (Wildman–Crippen MR) is 88.9 cm³/mol. The minimum absolute atomic E-state index is 0.123. The quantitative estimate of drug-likeness (QED) is 0.714. The highest BCUT2D eigenvalue weighted by Gasteiger charge is 2.25. The molecule has 1 aliphatic heterocycles. The zero-order chi connectivity index (χ0) is 16.7. The van der Waals surface area contributed by atoms with E-state index >= 15 is 0 Å². The summed E-state index contributed by atoms with van der Waals surface area (Å²) in [6, 6.07) is 6.62. The number of benzene rings is 1. The number of aromatic nitrogens is 2. The van der Waals surface area contributed by atoms with E-state index in [1.807, 2.05) is 6.07 Å². The summed E-state index contributed by atoms with van der Waals surface area (Å²) in [6.45, 7) is 4.22. The molecule has 1 aromatic carbocycles. The van der Waals surface area contributed by atoms with Gasteiger partial charge in [-0.1, -0.05) is 22.6 Å². The molecule has 0 N–H and O–H groups in total. The molecule has 1 fully saturated rings. The summed E-state index contributed by atoms with van der Waals surface area (Å²) in [5.74, 6) is 0.195. The van der Waals surface area contributed by atoms with Crippen LogP contribution in [0.2, 0.25) is 0 Å². The summed E-state index contributed by atoms with van der Waals surface area (Å²) in [4.78, 5) is 20.6. The van der Waals surface area contributed by atoms with Gasteiger partial charge < -0.3 is 14.3 Å². The fourth-order valence-corrected chi connectivity index (χ4v) is 3.80. The van der Waals surface area contributed by atoms with E-state index in [9.17, 15) is 9.18 Å². The second-order valence-corrected chi connectivity index (χ2v) is 6.69. The molecule has 0 atom stereocenters. The number of hydrogen-bond donors (Lipinski definition) is 0. The number of hydrogen-bond acceptors (Lipinski definition) is 6. The lowest BCUT2D eigenvalue weighted by atomic mass is 10.3. The van der Waals surface area contributed by atoms with E-state index in [4.69, 9.17) is 4.52 Å². The van der Waals surface area contributed by atoms with Gasteiger partial charge in [0.05, 0.1) is 4.70 Å². The van der Waals surface area contributed by atoms with E-state index in [0.717, 1.165) is 9.83 Å². The van der Waals surface area contributed by atoms with E-state index in [0.29, 0.717) is 43.1 Å². The lowest BCUT2D eigenvalue weighted by molar-refractivity contribution is 0.0736. The molecular weight excluding hydrogens is 331 g/mol. The number of thiazole rings is 1. The van der Waals surface area contributed by atoms with Crippen LogP contribution in [0.4, 0.5) is 9.52 Å². The fourth-order valence-electron chi connectivity index (χ4n) is 2.77. The van der Waals surface area contributed by atoms with Crippen LogP contribution in [-0.4, -0.2) is 47.1 Å². The molecule has 0 aliphatic carbocycles. The Morgan fingerprint density at radius 3 is 2.75 bits per heavy atom. The Bertz CT molecular complexity index is 899. The van der Waals surface area contributed by atoms with Gasteiger partial charge in [0.15, 0.2) is 10.8 Å². The number of amides is 1. The van der Waals surface area contributed by atoms with Crippen LogP contribution in [0.5, 0.6) is 0 Å². The predicted octanol–water partition coefficient (Wildman–Crippen LogP) is 2.69. The van der Waals surface area contributed by atoms with Crippen molar-refractivity contribution in [1.82, 2.24) is 15.0 Å². The SMILES string of the molecule is Cc1cc(C(=O)N2CCN(c3nc4c(F)cccc4s3)CC2)no1. The molecule has 0 bridgehead atoms. The topological polar surface area (TPSA) is 62.5 Å². The van der Waals surface area contributed by atoms with Crippen LogP contribution < -0.4 is 4.90 Å². The first-order valence-corrected chi connectivity index (χ1v) is 8.46. The van der Waals surface area contributed by atoms with Crippen molar-refractivity contribution in [2.24, 2.45) is 0 Å². The number of aryl methyl sites for hydroxylation is 1. The number of halogens is 1. The highest BCUT2D eigenvalue weighted by atomic mass is 32.1. The van der Waals surface area contributed by atoms with Gasteiger partial charge in [0.25, 0.3) is 5.91 Å². The summed E-state index contributed by atoms with van der Waals surface area (Å²) in [5, 5.41) is 4.57. The first-order chi connectivity index (χ1) is 11.6. The molecule has 124 valence electrons. The van der Waals surface area contributed by atoms with Crippen LogP contribution in [0, 0.1) is 12.7 Å². The zero-order valence-electron chi connectivity index (χ0n) is 13.0. The standard InChI is InChI=1S/C16H15FN4O2S/c1-10-9-12(19-23-10)15(22)20-5-7-21(8-6-20)16-18-14-11(17)3-2-4-13(14)24-16/h2-4,9H,5-8H2,1H3. The average Bonchev–Trinajstić information content (AvgIpc) is 3.21. The molecule has 0 saturated carbocycles. The lowest BCUT2D eigenvalue weighted by Crippen LogP contribution is -2.48. The van der Waals surface area contributed by atoms with E-state index in [1.165, 1.54) is 17.4 Å². The number of nitrogens with zero attached hydrogens (tertiary/aromatic N) is 4. The normalized spacial score (nSPS) is 15.2. The summed E-state index contributed by atoms with van der Waals surface area (Å²) in [7, 11) is 0. The van der Waals surface area contributed by atoms with E-state index in [-0.39, 0.29) is 11.7 Å². The lowest BCUT2D eigenvalue weighted by Gasteiger charge is -2.34. The Labute approximate surface area is 141 Å². The molecule has 0 unspecified atom stereocenters. The Morgan fingerprint density at radius 2 is 2.08 bits per heavy atom. The average molecular weight is 346 g/mol. The van der Waals surface area contributed by atoms with E-state index < -0.39 is 0 Å². The van der Waals surface area contributed by atoms with Crippen LogP contribution in [0.3, 0.4) is 0 Å². The van der Waals surface area contributed by atoms with Crippen LogP contribution in [0.25, 0.3) is 10.2 Å². The maximum Gasteiger partial charge on any atom is 0.276 e. The van der Waals surface area contributed by atoms with Crippen molar-refractivity contribution < 1.29 is 13.7 Å². The molecule has 3 heterocycles. The number of para-hydroxylation sites is 1. The van der Waals surface area contributed by atoms with Crippen molar-refractivity contribution in [3.8, 4) is 0 Å². The second-order valence-electron chi connectivity index (χ2n) is 5.69. The van der Waals surface area contributed by atoms with Gasteiger partial charge in [0.2, 0.25) is 0 Å². The number of carbonyl (C=O) groups is 1. The highest BCUT2D eigenvalue weighted by molar-refractivity contribution is 7.22. The summed E-state index contributed by atoms with van der Waals surface area (Å²) < 4.78 is 19.6. The molecule has 4 rings (SSSR count). The van der Waals surface area contributed by atoms with E-state index in [2.05, 4.69) is 15.0 Å². The fraction of sp³-hybridized carbons (Fsp3) is 0.312. The van der Waals surface area contributed by atoms with Crippen LogP contribution >= 0.6 is 11.3 Å². The third-order valence-corrected chi connectivity index (χ3v) is 5.12. The van der Waals surface area contributed by atoms with Crippen LogP contribution in [0.1, 0.15) is 16.2 Å². The van der Waals surface area contributed by atoms with Crippen LogP contribution in [-0.2, 0) is 0 Å². The number of carbonyl (C=O) groups excluding carboxylic acids is 1. The number of fused-ring (bicyclic) bond motifs is 1. The molecule has 1 saturated heterocycles. The molecule has 24 heavy (non-hydrogen) atoms. The Balaban J connectivity index is 1.47. The maximum atomic E-state index is 13.8. The number of rotatable bonds is 2. The smallest absolute Gasteiger partial charge is 0.276 e. The van der Waals surface area contributed by atoms with Crippen molar-refractivity contribution >= 4 is 32.6 Å². The largest absolute Gasteiger partial charge is 0.361 e. The van der Waals surface area contributed by atoms with Crippen molar-refractivity contribution in [3.05, 3.63) is 41.5 Å². The summed E-state index contributed by atoms with van der Waals surface area (Å²) >= 11 is 1.47. The maximum absolute atomic E-state index is 13.8. The molecule has 8 heteroatoms. The van der Waals surface area contributed by atoms with Gasteiger partial charge in [0, 0.05) is 32.2 Å². The first kappa shape index (κ1) is 15.1. The molecule has 6 nitrogen and oxygen atoms in total. The molecule has 3 aromatic rings. The molecule has 1 aliphatic rings. The van der Waals surface area contributed by atoms with Crippen molar-refractivity contribution in [2.45, 2.75) is 6.92 Å². The Hall–Kier alpha value is -2.48. The van der Waals surface area contributed by atoms with Gasteiger partial charge in [-0.3, -0.25) is 4.79 Å². The molecular formula is C16H15FN4O2S. The van der Waals surface area contributed by atoms with Crippen molar-refractivity contribution in [1.29, 1.82) is 0 Å². The Morgan fingerprint density at radius 1 is 1.29 bits per heavy atom. The number of anilines is 1. The summed E-state index contributed by atoms with van der Waals surface area (Å²) in [6.07, 6.45) is 0. The van der Waals surface area contributed by atoms with Crippen LogP contribution in [0.15, 0.2) is 28.8 Å². The highest BCUT2D eigenvalue weighted by Crippen LogP contribution is 2.30. The third kappa shape index (κ3) is 2.62. The van der Waals surface area contributed by atoms with Crippen molar-refractivity contribution in [3.63, 3.8) is 0 Å². The van der Waals surface area contributed by atoms with Gasteiger partial charge in [-0.05, 0) is 19.1 Å². The van der Waals surface area contributed by atoms with Crippen molar-refractivity contribution in [2.75, 3.05) is 31.1 Å². The monoisotopic (exact) mass is 346 g/mol. The zero-order valence-corrected chi connectivity index (χ0v) is 13.8. The summed E-state index contributed by atoms with van der Waals surface area (Å²) in [5.41, 5.74) is 0.747. The van der Waals surface area contributed by atoms with E-state index in [1.54, 1.807) is 24.0 Å². The number of piperazine rings is 1. The second kappa shape index (κ2) is 5.86. The molecule has 1 amide bonds. The third-order valence-electron chi connectivity index (χ3n) is 4.04. The van der Waals surface area contributed by atoms with Gasteiger partial charge in [-0.2, -0.15) is 0 Å². The Kier molecular flexibility index (Phi) is 3.68. The minimum atomic E-state index is -0.301. The molecule has 0 spiro atoms. The molecule has 0 radical (unpaired) electrons. The van der Waals surface area contributed by atoms with Gasteiger partial charge >= 0.3 is 0 Å². The van der Waals surface area contributed by atoms with Gasteiger partial charge in [0.1, 0.15) is 17.1 Å². The first-order valence-electron chi connectivity index (χ1n) is 7.64. The molecule has 2 aromatic heterocycles. The van der Waals surface area contributed by atoms with Gasteiger partial charge in [-0.25, -0.2) is 9.37 Å².